The van der Waals surface area contributed by atoms with Crippen LogP contribution in [0, 0.1) is 23.2 Å². The molecule has 5 aliphatic rings. The first kappa shape index (κ1) is 47.5. The molecule has 3 aliphatic carbocycles. The molecule has 6 atom stereocenters. The molecule has 5 fully saturated rings. The lowest BCUT2D eigenvalue weighted by Crippen LogP contribution is -2.60. The van der Waals surface area contributed by atoms with Gasteiger partial charge < -0.3 is 44.6 Å². The fourth-order valence-electron chi connectivity index (χ4n) is 11.8. The highest BCUT2D eigenvalue weighted by molar-refractivity contribution is 5.91. The Balaban J connectivity index is 0.814. The summed E-state index contributed by atoms with van der Waals surface area (Å²) in [4.78, 5) is 74.7. The number of aromatic amines is 2. The third kappa shape index (κ3) is 9.40. The van der Waals surface area contributed by atoms with E-state index in [1.165, 1.54) is 13.5 Å². The molecule has 4 heterocycles. The standard InChI is InChI=1S/C55H68N8O7/c1-32(2)45(60-52(66)68-5)50(64)62-31-55(22-23-55)27-44(62)48-56-29-43(58-48)39-19-18-37-24-36(16-17-38(37)25-39)34-12-14-35(15-13-34)42-28-57-49(59-42)46-40-20-21-41(26-40)63(46)51(65)47(54(3,4)69-6)61-53(67)70-30-33-10-8-7-9-11-33/h12-19,24-25,28-29,32-33,40-41,44-47H,7-11,20-23,26-27,30-31H2,1-6H3,(H,56,58)(H,57,59)(H,60,66)(H,61,67)/t40-,41+,44-,45-,46-,47+/m0/s1. The molecule has 2 aliphatic heterocycles. The molecule has 1 spiro atoms. The van der Waals surface area contributed by atoms with E-state index >= 15 is 0 Å². The summed E-state index contributed by atoms with van der Waals surface area (Å²) in [5, 5.41) is 7.88. The summed E-state index contributed by atoms with van der Waals surface area (Å²) >= 11 is 0. The second kappa shape index (κ2) is 19.2. The van der Waals surface area contributed by atoms with Gasteiger partial charge in [0.05, 0.1) is 55.2 Å². The van der Waals surface area contributed by atoms with E-state index in [0.29, 0.717) is 19.1 Å². The zero-order valence-electron chi connectivity index (χ0n) is 41.4. The van der Waals surface area contributed by atoms with Crippen molar-refractivity contribution in [3.8, 4) is 33.6 Å². The first-order chi connectivity index (χ1) is 33.7. The van der Waals surface area contributed by atoms with Crippen LogP contribution in [-0.2, 0) is 23.8 Å². The zero-order chi connectivity index (χ0) is 48.9. The molecule has 4 amide bonds. The maximum Gasteiger partial charge on any atom is 0.407 e. The average molecular weight is 953 g/mol. The highest BCUT2D eigenvalue weighted by atomic mass is 16.6. The predicted octanol–water partition coefficient (Wildman–Crippen LogP) is 9.87. The lowest BCUT2D eigenvalue weighted by Gasteiger charge is -2.40. The van der Waals surface area contributed by atoms with Crippen LogP contribution < -0.4 is 10.6 Å². The molecule has 3 aromatic carbocycles. The van der Waals surface area contributed by atoms with E-state index in [9.17, 15) is 19.2 Å². The summed E-state index contributed by atoms with van der Waals surface area (Å²) in [6, 6.07) is 19.3. The Kier molecular flexibility index (Phi) is 13.0. The number of imidazole rings is 2. The average Bonchev–Trinajstić information content (AvgIpc) is 4.02. The van der Waals surface area contributed by atoms with E-state index in [1.807, 2.05) is 49.9 Å². The first-order valence-electron chi connectivity index (χ1n) is 25.4. The molecule has 2 aromatic heterocycles. The summed E-state index contributed by atoms with van der Waals surface area (Å²) < 4.78 is 16.4. The number of benzene rings is 3. The van der Waals surface area contributed by atoms with Gasteiger partial charge in [0.2, 0.25) is 11.8 Å². The van der Waals surface area contributed by atoms with Crippen molar-refractivity contribution in [2.24, 2.45) is 23.2 Å². The van der Waals surface area contributed by atoms with Crippen molar-refractivity contribution in [3.63, 3.8) is 0 Å². The van der Waals surface area contributed by atoms with Crippen LogP contribution in [0.25, 0.3) is 44.4 Å². The number of carbonyl (C=O) groups is 4. The molecule has 0 radical (unpaired) electrons. The van der Waals surface area contributed by atoms with Gasteiger partial charge in [0.15, 0.2) is 0 Å². The SMILES string of the molecule is COC(=O)N[C@H](C(=O)N1CC2(CC2)C[C@H]1c1ncc(-c2ccc3cc(-c4ccc(-c5cnc([C@@H]6[C@H]7CC[C@H](C7)N6C(=O)[C@@H](NC(=O)OCC6CCCCC6)C(C)(C)OC)[nH]5)cc4)ccc3c2)[nH]1)C(C)C. The number of aromatic nitrogens is 4. The zero-order valence-corrected chi connectivity index (χ0v) is 41.4. The highest BCUT2D eigenvalue weighted by Crippen LogP contribution is 2.58. The van der Waals surface area contributed by atoms with Crippen LogP contribution in [0.2, 0.25) is 0 Å². The molecule has 15 nitrogen and oxygen atoms in total. The number of H-pyrrole nitrogens is 2. The van der Waals surface area contributed by atoms with Gasteiger partial charge in [0.1, 0.15) is 23.7 Å². The third-order valence-electron chi connectivity index (χ3n) is 16.4. The Morgan fingerprint density at radius 3 is 2.10 bits per heavy atom. The van der Waals surface area contributed by atoms with Crippen LogP contribution in [0.3, 0.4) is 0 Å². The van der Waals surface area contributed by atoms with E-state index < -0.39 is 29.9 Å². The summed E-state index contributed by atoms with van der Waals surface area (Å²) in [5.74, 6) is 1.74. The minimum atomic E-state index is -0.975. The summed E-state index contributed by atoms with van der Waals surface area (Å²) in [6.45, 7) is 8.54. The molecule has 0 unspecified atom stereocenters. The van der Waals surface area contributed by atoms with E-state index in [2.05, 4.69) is 81.3 Å². The summed E-state index contributed by atoms with van der Waals surface area (Å²) in [5.41, 5.74) is 5.07. The molecule has 370 valence electrons. The smallest absolute Gasteiger partial charge is 0.407 e. The van der Waals surface area contributed by atoms with Crippen LogP contribution in [0.15, 0.2) is 73.1 Å². The molecule has 10 rings (SSSR count). The van der Waals surface area contributed by atoms with Gasteiger partial charge in [-0.15, -0.1) is 0 Å². The van der Waals surface area contributed by atoms with Gasteiger partial charge in [-0.05, 0) is 128 Å². The minimum Gasteiger partial charge on any atom is -0.453 e. The molecule has 15 heteroatoms. The predicted molar refractivity (Wildman–Crippen MR) is 266 cm³/mol. The Labute approximate surface area is 410 Å². The number of ether oxygens (including phenoxy) is 3. The van der Waals surface area contributed by atoms with E-state index in [-0.39, 0.29) is 47.2 Å². The Morgan fingerprint density at radius 2 is 1.41 bits per heavy atom. The number of nitrogens with zero attached hydrogens (tertiary/aromatic N) is 4. The number of likely N-dealkylation sites (tertiary alicyclic amines) is 2. The lowest BCUT2D eigenvalue weighted by atomic mass is 9.90. The molecule has 4 N–H and O–H groups in total. The molecule has 5 aromatic rings. The number of fused-ring (bicyclic) bond motifs is 3. The van der Waals surface area contributed by atoms with Crippen LogP contribution in [0.1, 0.15) is 122 Å². The van der Waals surface area contributed by atoms with Crippen molar-refractivity contribution in [1.29, 1.82) is 0 Å². The van der Waals surface area contributed by atoms with Gasteiger partial charge in [-0.1, -0.05) is 81.6 Å². The van der Waals surface area contributed by atoms with Gasteiger partial charge in [-0.2, -0.15) is 0 Å². The summed E-state index contributed by atoms with van der Waals surface area (Å²) in [7, 11) is 2.88. The number of hydrogen-bond donors (Lipinski definition) is 4. The van der Waals surface area contributed by atoms with Gasteiger partial charge in [-0.3, -0.25) is 9.59 Å². The van der Waals surface area contributed by atoms with Gasteiger partial charge in [0.25, 0.3) is 0 Å². The maximum absolute atomic E-state index is 14.6. The number of rotatable bonds is 14. The molecule has 70 heavy (non-hydrogen) atoms. The first-order valence-corrected chi connectivity index (χ1v) is 25.4. The maximum atomic E-state index is 14.6. The Hall–Kier alpha value is -6.22. The van der Waals surface area contributed by atoms with Crippen molar-refractivity contribution < 1.29 is 33.4 Å². The third-order valence-corrected chi connectivity index (χ3v) is 16.4. The number of alkyl carbamates (subject to hydrolysis) is 2. The van der Waals surface area contributed by atoms with Crippen LogP contribution in [0.5, 0.6) is 0 Å². The van der Waals surface area contributed by atoms with Crippen LogP contribution >= 0.6 is 0 Å². The summed E-state index contributed by atoms with van der Waals surface area (Å²) in [6.07, 6.45) is 14.0. The topological polar surface area (TPSA) is 184 Å². The largest absolute Gasteiger partial charge is 0.453 e. The van der Waals surface area contributed by atoms with Crippen molar-refractivity contribution in [1.82, 2.24) is 40.4 Å². The van der Waals surface area contributed by atoms with Gasteiger partial charge >= 0.3 is 12.2 Å². The van der Waals surface area contributed by atoms with Crippen LogP contribution in [0.4, 0.5) is 9.59 Å². The number of amides is 4. The lowest BCUT2D eigenvalue weighted by molar-refractivity contribution is -0.145. The van der Waals surface area contributed by atoms with Crippen molar-refractivity contribution in [3.05, 3.63) is 84.7 Å². The normalized spacial score (nSPS) is 22.7. The number of methoxy groups -OCH3 is 2. The van der Waals surface area contributed by atoms with Crippen molar-refractivity contribution >= 4 is 34.8 Å². The van der Waals surface area contributed by atoms with Crippen molar-refractivity contribution in [2.45, 2.75) is 134 Å². The van der Waals surface area contributed by atoms with Gasteiger partial charge in [0, 0.05) is 25.3 Å². The second-order valence-corrected chi connectivity index (χ2v) is 21.7. The molecule has 2 bridgehead atoms. The quantitative estimate of drug-likeness (QED) is 0.0842. The fourth-order valence-corrected chi connectivity index (χ4v) is 11.8. The monoisotopic (exact) mass is 953 g/mol. The Bertz CT molecular complexity index is 2740. The fraction of sp³-hybridized carbons (Fsp3) is 0.527. The van der Waals surface area contributed by atoms with E-state index in [1.54, 1.807) is 7.11 Å². The highest BCUT2D eigenvalue weighted by Gasteiger charge is 2.56. The van der Waals surface area contributed by atoms with E-state index in [4.69, 9.17) is 24.2 Å². The second-order valence-electron chi connectivity index (χ2n) is 21.7. The van der Waals surface area contributed by atoms with Crippen LogP contribution in [-0.4, -0.2) is 105 Å². The number of piperidine rings is 1. The van der Waals surface area contributed by atoms with Gasteiger partial charge in [-0.25, -0.2) is 19.6 Å². The molecular weight excluding hydrogens is 885 g/mol. The Morgan fingerprint density at radius 1 is 0.771 bits per heavy atom. The molecular formula is C55H68N8O7. The van der Waals surface area contributed by atoms with Crippen molar-refractivity contribution in [2.75, 3.05) is 27.4 Å². The number of hydrogen-bond acceptors (Lipinski definition) is 9. The number of carbonyl (C=O) groups excluding carboxylic acids is 4. The molecule has 3 saturated carbocycles. The van der Waals surface area contributed by atoms with E-state index in [0.717, 1.165) is 120 Å². The minimum absolute atomic E-state index is 0.0572. The molecule has 2 saturated heterocycles. The number of nitrogens with one attached hydrogen (secondary N) is 4.